The topological polar surface area (TPSA) is 55.6 Å². The molecule has 0 radical (unpaired) electrons. The lowest BCUT2D eigenvalue weighted by molar-refractivity contribution is 0.0754. The van der Waals surface area contributed by atoms with E-state index in [-0.39, 0.29) is 12.0 Å². The molecule has 0 aromatic heterocycles. The summed E-state index contributed by atoms with van der Waals surface area (Å²) in [6, 6.07) is 7.38. The van der Waals surface area contributed by atoms with E-state index in [2.05, 4.69) is 6.92 Å². The number of rotatable bonds is 8. The van der Waals surface area contributed by atoms with Crippen LogP contribution in [0.4, 0.5) is 0 Å². The van der Waals surface area contributed by atoms with Gasteiger partial charge in [-0.2, -0.15) is 0 Å². The third-order valence-corrected chi connectivity index (χ3v) is 2.87. The van der Waals surface area contributed by atoms with Crippen LogP contribution < -0.4 is 10.5 Å². The van der Waals surface area contributed by atoms with E-state index >= 15 is 0 Å². The molecule has 4 heteroatoms. The smallest absolute Gasteiger partial charge is 0.253 e. The molecule has 1 aromatic rings. The van der Waals surface area contributed by atoms with Crippen LogP contribution in [0.25, 0.3) is 0 Å². The molecule has 1 rings (SSSR count). The lowest BCUT2D eigenvalue weighted by atomic mass is 10.1. The summed E-state index contributed by atoms with van der Waals surface area (Å²) in [4.78, 5) is 14.4. The van der Waals surface area contributed by atoms with Crippen LogP contribution in [-0.4, -0.2) is 36.5 Å². The normalized spacial score (nSPS) is 10.7. The number of amides is 1. The van der Waals surface area contributed by atoms with Gasteiger partial charge in [0.15, 0.2) is 0 Å². The van der Waals surface area contributed by atoms with Gasteiger partial charge < -0.3 is 15.4 Å². The number of benzene rings is 1. The Morgan fingerprint density at radius 3 is 2.70 bits per heavy atom. The molecule has 0 heterocycles. The molecule has 0 unspecified atom stereocenters. The number of ether oxygens (including phenoxy) is 1. The van der Waals surface area contributed by atoms with Crippen molar-refractivity contribution in [2.75, 3.05) is 19.6 Å². The van der Waals surface area contributed by atoms with Gasteiger partial charge in [-0.25, -0.2) is 0 Å². The van der Waals surface area contributed by atoms with Crippen molar-refractivity contribution in [3.05, 3.63) is 29.8 Å². The third-order valence-electron chi connectivity index (χ3n) is 2.87. The molecule has 20 heavy (non-hydrogen) atoms. The van der Waals surface area contributed by atoms with Gasteiger partial charge in [-0.1, -0.05) is 13.0 Å². The summed E-state index contributed by atoms with van der Waals surface area (Å²) >= 11 is 0. The van der Waals surface area contributed by atoms with Crippen LogP contribution in [-0.2, 0) is 0 Å². The molecule has 0 bridgehead atoms. The van der Waals surface area contributed by atoms with E-state index in [1.165, 1.54) is 0 Å². The van der Waals surface area contributed by atoms with Gasteiger partial charge in [-0.05, 0) is 51.4 Å². The maximum Gasteiger partial charge on any atom is 0.253 e. The lowest BCUT2D eigenvalue weighted by Gasteiger charge is -2.22. The summed E-state index contributed by atoms with van der Waals surface area (Å²) in [7, 11) is 0. The van der Waals surface area contributed by atoms with Crippen molar-refractivity contribution in [3.8, 4) is 5.75 Å². The van der Waals surface area contributed by atoms with Crippen molar-refractivity contribution >= 4 is 5.91 Å². The number of hydrogen-bond donors (Lipinski definition) is 1. The second-order valence-electron chi connectivity index (χ2n) is 5.13. The Labute approximate surface area is 121 Å². The fourth-order valence-electron chi connectivity index (χ4n) is 2.02. The van der Waals surface area contributed by atoms with E-state index in [0.717, 1.165) is 25.1 Å². The molecule has 0 aliphatic carbocycles. The number of nitrogens with zero attached hydrogens (tertiary/aromatic N) is 1. The minimum atomic E-state index is 0.0505. The first-order valence-corrected chi connectivity index (χ1v) is 7.34. The van der Waals surface area contributed by atoms with E-state index in [4.69, 9.17) is 10.5 Å². The lowest BCUT2D eigenvalue weighted by Crippen LogP contribution is -2.33. The predicted molar refractivity (Wildman–Crippen MR) is 82.1 cm³/mol. The van der Waals surface area contributed by atoms with Crippen LogP contribution in [0.1, 0.15) is 44.0 Å². The van der Waals surface area contributed by atoms with Crippen molar-refractivity contribution in [1.82, 2.24) is 4.90 Å². The van der Waals surface area contributed by atoms with E-state index in [1.54, 1.807) is 0 Å². The van der Waals surface area contributed by atoms with Gasteiger partial charge >= 0.3 is 0 Å². The molecule has 1 aromatic carbocycles. The first-order chi connectivity index (χ1) is 9.58. The highest BCUT2D eigenvalue weighted by Gasteiger charge is 2.15. The first kappa shape index (κ1) is 16.5. The summed E-state index contributed by atoms with van der Waals surface area (Å²) < 4.78 is 5.64. The highest BCUT2D eigenvalue weighted by atomic mass is 16.5. The summed E-state index contributed by atoms with van der Waals surface area (Å²) in [6.07, 6.45) is 1.87. The molecule has 0 aliphatic heterocycles. The zero-order chi connectivity index (χ0) is 15.0. The fraction of sp³-hybridized carbons (Fsp3) is 0.562. The van der Waals surface area contributed by atoms with Crippen LogP contribution in [0.5, 0.6) is 5.75 Å². The van der Waals surface area contributed by atoms with Gasteiger partial charge in [-0.15, -0.1) is 0 Å². The average Bonchev–Trinajstić information content (AvgIpc) is 2.42. The summed E-state index contributed by atoms with van der Waals surface area (Å²) in [6.45, 7) is 8.08. The Hall–Kier alpha value is -1.55. The monoisotopic (exact) mass is 278 g/mol. The molecular formula is C16H26N2O2. The van der Waals surface area contributed by atoms with E-state index < -0.39 is 0 Å². The van der Waals surface area contributed by atoms with E-state index in [0.29, 0.717) is 18.7 Å². The van der Waals surface area contributed by atoms with Crippen molar-refractivity contribution in [3.63, 3.8) is 0 Å². The molecule has 112 valence electrons. The summed E-state index contributed by atoms with van der Waals surface area (Å²) in [5.74, 6) is 0.788. The first-order valence-electron chi connectivity index (χ1n) is 7.34. The zero-order valence-corrected chi connectivity index (χ0v) is 12.8. The standard InChI is InChI=1S/C16H26N2O2/c1-4-10-18(11-6-9-17)16(19)14-7-5-8-15(12-14)20-13(2)3/h5,7-8,12-13H,4,6,9-11,17H2,1-3H3. The van der Waals surface area contributed by atoms with Gasteiger partial charge in [0.25, 0.3) is 5.91 Å². The molecule has 0 saturated heterocycles. The molecule has 1 amide bonds. The molecule has 0 aliphatic rings. The minimum absolute atomic E-state index is 0.0505. The Morgan fingerprint density at radius 2 is 2.10 bits per heavy atom. The molecular weight excluding hydrogens is 252 g/mol. The van der Waals surface area contributed by atoms with Crippen LogP contribution >= 0.6 is 0 Å². The molecule has 0 spiro atoms. The number of carbonyl (C=O) groups is 1. The van der Waals surface area contributed by atoms with Gasteiger partial charge in [0.1, 0.15) is 5.75 Å². The van der Waals surface area contributed by atoms with Crippen LogP contribution in [0.3, 0.4) is 0 Å². The molecule has 4 nitrogen and oxygen atoms in total. The van der Waals surface area contributed by atoms with Gasteiger partial charge in [0.05, 0.1) is 6.10 Å². The maximum absolute atomic E-state index is 12.5. The molecule has 0 fully saturated rings. The SMILES string of the molecule is CCCN(CCCN)C(=O)c1cccc(OC(C)C)c1. The van der Waals surface area contributed by atoms with E-state index in [9.17, 15) is 4.79 Å². The minimum Gasteiger partial charge on any atom is -0.491 e. The molecule has 0 saturated carbocycles. The van der Waals surface area contributed by atoms with Gasteiger partial charge in [0.2, 0.25) is 0 Å². The number of carbonyl (C=O) groups excluding carboxylic acids is 1. The highest BCUT2D eigenvalue weighted by molar-refractivity contribution is 5.94. The molecule has 0 atom stereocenters. The zero-order valence-electron chi connectivity index (χ0n) is 12.8. The second kappa shape index (κ2) is 8.59. The quantitative estimate of drug-likeness (QED) is 0.795. The van der Waals surface area contributed by atoms with Crippen molar-refractivity contribution in [2.24, 2.45) is 5.73 Å². The van der Waals surface area contributed by atoms with Crippen LogP contribution in [0.15, 0.2) is 24.3 Å². The van der Waals surface area contributed by atoms with Crippen molar-refractivity contribution < 1.29 is 9.53 Å². The van der Waals surface area contributed by atoms with Crippen LogP contribution in [0, 0.1) is 0 Å². The van der Waals surface area contributed by atoms with Crippen molar-refractivity contribution in [2.45, 2.75) is 39.7 Å². The Bertz CT molecular complexity index is 419. The summed E-state index contributed by atoms with van der Waals surface area (Å²) in [5.41, 5.74) is 6.21. The predicted octanol–water partition coefficient (Wildman–Crippen LogP) is 2.67. The third kappa shape index (κ3) is 5.21. The molecule has 2 N–H and O–H groups in total. The van der Waals surface area contributed by atoms with Gasteiger partial charge in [0, 0.05) is 18.7 Å². The Balaban J connectivity index is 2.82. The number of nitrogens with two attached hydrogens (primary N) is 1. The largest absolute Gasteiger partial charge is 0.491 e. The van der Waals surface area contributed by atoms with Gasteiger partial charge in [-0.3, -0.25) is 4.79 Å². The summed E-state index contributed by atoms with van der Waals surface area (Å²) in [5, 5.41) is 0. The average molecular weight is 278 g/mol. The highest BCUT2D eigenvalue weighted by Crippen LogP contribution is 2.16. The van der Waals surface area contributed by atoms with E-state index in [1.807, 2.05) is 43.0 Å². The number of hydrogen-bond acceptors (Lipinski definition) is 3. The van der Waals surface area contributed by atoms with Crippen LogP contribution in [0.2, 0.25) is 0 Å². The second-order valence-corrected chi connectivity index (χ2v) is 5.13. The fourth-order valence-corrected chi connectivity index (χ4v) is 2.02. The Kier molecular flexibility index (Phi) is 7.09. The Morgan fingerprint density at radius 1 is 1.35 bits per heavy atom. The van der Waals surface area contributed by atoms with Crippen molar-refractivity contribution in [1.29, 1.82) is 0 Å². The maximum atomic E-state index is 12.5.